The topological polar surface area (TPSA) is 181 Å². The van der Waals surface area contributed by atoms with E-state index in [0.717, 1.165) is 63.3 Å². The molecule has 7 aromatic rings. The first kappa shape index (κ1) is 48.5. The third kappa shape index (κ3) is 11.5. The minimum atomic E-state index is -4.91. The molecular weight excluding hydrogens is 903 g/mol. The van der Waals surface area contributed by atoms with Gasteiger partial charge in [-0.1, -0.05) is 60.4 Å². The van der Waals surface area contributed by atoms with Crippen molar-refractivity contribution in [3.8, 4) is 17.5 Å². The number of carbonyl (C=O) groups excluding carboxylic acids is 3. The van der Waals surface area contributed by atoms with Crippen molar-refractivity contribution in [2.24, 2.45) is 10.2 Å². The highest BCUT2D eigenvalue weighted by molar-refractivity contribution is 7.87. The number of anilines is 3. The Labute approximate surface area is 407 Å². The van der Waals surface area contributed by atoms with Gasteiger partial charge in [0.25, 0.3) is 10.1 Å². The summed E-state index contributed by atoms with van der Waals surface area (Å²) in [5.41, 5.74) is 10.9. The Morgan fingerprint density at radius 2 is 1.39 bits per heavy atom. The normalized spacial score (nSPS) is 12.5. The van der Waals surface area contributed by atoms with Crippen molar-refractivity contribution in [2.45, 2.75) is 44.9 Å². The fourth-order valence-corrected chi connectivity index (χ4v) is 9.05. The van der Waals surface area contributed by atoms with Crippen LogP contribution in [0, 0.1) is 11.8 Å². The van der Waals surface area contributed by atoms with Gasteiger partial charge in [0.15, 0.2) is 5.25 Å². The lowest BCUT2D eigenvalue weighted by molar-refractivity contribution is -0.538. The predicted octanol–water partition coefficient (Wildman–Crippen LogP) is 7.97. The van der Waals surface area contributed by atoms with E-state index in [9.17, 15) is 27.4 Å². The number of hydrogen-bond donors (Lipinski definition) is 3. The summed E-state index contributed by atoms with van der Waals surface area (Å²) in [4.78, 5) is 50.3. The lowest BCUT2D eigenvalue weighted by Crippen LogP contribution is -2.47. The molecule has 8 rings (SSSR count). The van der Waals surface area contributed by atoms with Crippen LogP contribution in [0.15, 0.2) is 150 Å². The second-order valence-electron chi connectivity index (χ2n) is 16.8. The number of amides is 3. The fourth-order valence-electron chi connectivity index (χ4n) is 8.41. The quantitative estimate of drug-likeness (QED) is 0.0253. The predicted molar refractivity (Wildman–Crippen MR) is 273 cm³/mol. The zero-order valence-corrected chi connectivity index (χ0v) is 40.1. The highest BCUT2D eigenvalue weighted by Gasteiger charge is 2.32. The van der Waals surface area contributed by atoms with Crippen LogP contribution in [-0.4, -0.2) is 80.7 Å². The molecule has 70 heavy (non-hydrogen) atoms. The third-order valence-electron chi connectivity index (χ3n) is 12.2. The second kappa shape index (κ2) is 22.0. The van der Waals surface area contributed by atoms with Gasteiger partial charge in [0.1, 0.15) is 11.0 Å². The summed E-state index contributed by atoms with van der Waals surface area (Å²) < 4.78 is 36.7. The average Bonchev–Trinajstić information content (AvgIpc) is 3.36. The molecule has 1 aliphatic heterocycles. The van der Waals surface area contributed by atoms with Crippen molar-refractivity contribution < 1.29 is 31.9 Å². The number of benzene rings is 6. The minimum absolute atomic E-state index is 0.0359. The monoisotopic (exact) mass is 956 g/mol. The van der Waals surface area contributed by atoms with Crippen LogP contribution in [0.2, 0.25) is 0 Å². The van der Waals surface area contributed by atoms with Crippen LogP contribution >= 0.6 is 0 Å². The molecule has 3 amide bonds. The van der Waals surface area contributed by atoms with Gasteiger partial charge >= 0.3 is 0 Å². The Morgan fingerprint density at radius 1 is 0.757 bits per heavy atom. The van der Waals surface area contributed by atoms with Crippen LogP contribution in [0.1, 0.15) is 49.8 Å². The molecule has 0 saturated carbocycles. The summed E-state index contributed by atoms with van der Waals surface area (Å²) in [7, 11) is -3.02. The van der Waals surface area contributed by atoms with E-state index in [2.05, 4.69) is 86.3 Å². The molecule has 0 spiro atoms. The van der Waals surface area contributed by atoms with Crippen LogP contribution in [0.4, 0.5) is 28.4 Å². The number of nitrogens with zero attached hydrogens (tertiary/aromatic N) is 7. The summed E-state index contributed by atoms with van der Waals surface area (Å²) in [6.07, 6.45) is 0.292. The van der Waals surface area contributed by atoms with Gasteiger partial charge in [-0.15, -0.1) is 4.57 Å². The molecule has 0 radical (unpaired) electrons. The number of azo groups is 1. The number of fused-ring (bicyclic) bond motifs is 4. The van der Waals surface area contributed by atoms with Crippen molar-refractivity contribution in [3.63, 3.8) is 0 Å². The maximum Gasteiger partial charge on any atom is 0.278 e. The number of carbonyl (C=O) groups is 3. The molecular formula is C54H54N9O6S+. The SMILES string of the molecule is CCN(CC)c1ccc2nc3ccc(N=Nc4ccc(N(C)CCCC(=O)NCC(C(=O)NCCC(=O)N5Cc6ccccc6C#Cc6ccccc65)S(=O)(=O)O)cc4)cc3[n+](-c3ccccc3)c2c1. The number of nitrogens with one attached hydrogen (secondary N) is 2. The highest BCUT2D eigenvalue weighted by atomic mass is 32.2. The maximum atomic E-state index is 13.6. The summed E-state index contributed by atoms with van der Waals surface area (Å²) >= 11 is 0. The van der Waals surface area contributed by atoms with E-state index in [-0.39, 0.29) is 31.8 Å². The molecule has 0 fully saturated rings. The minimum Gasteiger partial charge on any atom is -0.375 e. The molecule has 15 nitrogen and oxygen atoms in total. The molecule has 1 unspecified atom stereocenters. The molecule has 0 aliphatic carbocycles. The number of aromatic nitrogens is 2. The van der Waals surface area contributed by atoms with Gasteiger partial charge in [-0.2, -0.15) is 18.6 Å². The highest BCUT2D eigenvalue weighted by Crippen LogP contribution is 2.29. The van der Waals surface area contributed by atoms with Crippen LogP contribution in [0.5, 0.6) is 0 Å². The smallest absolute Gasteiger partial charge is 0.278 e. The van der Waals surface area contributed by atoms with Gasteiger partial charge in [-0.25, -0.2) is 4.98 Å². The van der Waals surface area contributed by atoms with E-state index in [1.54, 1.807) is 11.0 Å². The van der Waals surface area contributed by atoms with Crippen LogP contribution in [0.25, 0.3) is 27.8 Å². The number of para-hydroxylation sites is 2. The standard InChI is InChI=1S/C54H53N9O6S/c1-4-61(5-2)45-28-30-47-50(35-45)63(44-17-7-6-8-18-44)49-34-42(25-29-46(49)57-47)59-58-41-23-26-43(27-24-41)60(3)33-13-20-52(64)56-36-51(70(67,68)69)54(66)55-32-31-53(65)62-37-40-16-10-9-14-38(40)21-22-39-15-11-12-19-48(39)62/h6-12,14-19,23-30,34-35,51H,4-5,13,20,31-33,36-37H2,1-3H3,(H2-,55,56,64,66,67,68,69)/p+1. The van der Waals surface area contributed by atoms with E-state index >= 15 is 0 Å². The third-order valence-corrected chi connectivity index (χ3v) is 13.3. The van der Waals surface area contributed by atoms with E-state index in [0.29, 0.717) is 35.6 Å². The van der Waals surface area contributed by atoms with Gasteiger partial charge in [-0.3, -0.25) is 18.9 Å². The summed E-state index contributed by atoms with van der Waals surface area (Å²) in [5, 5.41) is 12.1. The first-order valence-electron chi connectivity index (χ1n) is 23.2. The van der Waals surface area contributed by atoms with E-state index in [1.165, 1.54) is 0 Å². The number of rotatable bonds is 18. The molecule has 3 N–H and O–H groups in total. The lowest BCUT2D eigenvalue weighted by Gasteiger charge is -2.26. The van der Waals surface area contributed by atoms with Gasteiger partial charge in [0, 0.05) is 99.4 Å². The first-order chi connectivity index (χ1) is 33.9. The second-order valence-corrected chi connectivity index (χ2v) is 18.4. The van der Waals surface area contributed by atoms with Gasteiger partial charge in [0.2, 0.25) is 34.4 Å². The first-order valence-corrected chi connectivity index (χ1v) is 24.7. The van der Waals surface area contributed by atoms with E-state index in [1.807, 2.05) is 115 Å². The van der Waals surface area contributed by atoms with Crippen LogP contribution in [0.3, 0.4) is 0 Å². The van der Waals surface area contributed by atoms with Crippen molar-refractivity contribution >= 4 is 78.3 Å². The largest absolute Gasteiger partial charge is 0.375 e. The average molecular weight is 957 g/mol. The van der Waals surface area contributed by atoms with Gasteiger partial charge in [0.05, 0.1) is 23.6 Å². The maximum absolute atomic E-state index is 13.6. The molecule has 2 heterocycles. The fraction of sp³-hybridized carbons (Fsp3) is 0.241. The van der Waals surface area contributed by atoms with Gasteiger partial charge in [-0.05, 0) is 92.6 Å². The molecule has 1 atom stereocenters. The van der Waals surface area contributed by atoms with E-state index < -0.39 is 33.7 Å². The molecule has 1 aromatic heterocycles. The molecule has 356 valence electrons. The number of hydrogen-bond acceptors (Lipinski definition) is 10. The van der Waals surface area contributed by atoms with E-state index in [4.69, 9.17) is 4.98 Å². The van der Waals surface area contributed by atoms with Crippen molar-refractivity contribution in [1.29, 1.82) is 0 Å². The van der Waals surface area contributed by atoms with Crippen LogP contribution < -0.4 is 29.9 Å². The zero-order chi connectivity index (χ0) is 49.2. The molecule has 0 saturated heterocycles. The lowest BCUT2D eigenvalue weighted by atomic mass is 10.0. The van der Waals surface area contributed by atoms with Gasteiger partial charge < -0.3 is 25.3 Å². The summed E-state index contributed by atoms with van der Waals surface area (Å²) in [6, 6.07) is 44.8. The molecule has 1 aliphatic rings. The zero-order valence-electron chi connectivity index (χ0n) is 39.2. The Morgan fingerprint density at radius 3 is 2.13 bits per heavy atom. The Balaban J connectivity index is 0.832. The van der Waals surface area contributed by atoms with Crippen molar-refractivity contribution in [3.05, 3.63) is 156 Å². The molecule has 0 bridgehead atoms. The van der Waals surface area contributed by atoms with Crippen LogP contribution in [-0.2, 0) is 31.0 Å². The Hall–Kier alpha value is -8.00. The van der Waals surface area contributed by atoms with Crippen molar-refractivity contribution in [1.82, 2.24) is 15.6 Å². The summed E-state index contributed by atoms with van der Waals surface area (Å²) in [6.45, 7) is 5.98. The molecule has 6 aromatic carbocycles. The molecule has 16 heteroatoms. The van der Waals surface area contributed by atoms with Crippen molar-refractivity contribution in [2.75, 3.05) is 54.5 Å². The Kier molecular flexibility index (Phi) is 15.2. The Bertz CT molecular complexity index is 3260. The summed E-state index contributed by atoms with van der Waals surface area (Å²) in [5.74, 6) is 4.45.